The lowest BCUT2D eigenvalue weighted by molar-refractivity contribution is -0.137. The zero-order chi connectivity index (χ0) is 12.3. The Kier molecular flexibility index (Phi) is 6.44. The second-order valence-electron chi connectivity index (χ2n) is 5.90. The van der Waals surface area contributed by atoms with Gasteiger partial charge in [0.15, 0.2) is 0 Å². The Balaban J connectivity index is 0.00000162. The third-order valence-corrected chi connectivity index (χ3v) is 4.07. The van der Waals surface area contributed by atoms with Crippen LogP contribution in [0.5, 0.6) is 0 Å². The number of hydrogen-bond acceptors (Lipinski definition) is 2. The van der Waals surface area contributed by atoms with Gasteiger partial charge in [-0.25, -0.2) is 0 Å². The standard InChI is InChI=1S/C14H26N2O.ClH/c1-11-9-16(10-12(2)15-11)14(17)13-7-5-3-4-6-8-13;/h11-13,15H,3-10H2,1-2H3;1H. The van der Waals surface area contributed by atoms with E-state index in [9.17, 15) is 4.79 Å². The average Bonchev–Trinajstić information content (AvgIpc) is 2.55. The summed E-state index contributed by atoms with van der Waals surface area (Å²) in [7, 11) is 0. The summed E-state index contributed by atoms with van der Waals surface area (Å²) >= 11 is 0. The summed E-state index contributed by atoms with van der Waals surface area (Å²) in [5.74, 6) is 0.738. The molecule has 2 aliphatic rings. The van der Waals surface area contributed by atoms with Gasteiger partial charge in [0.05, 0.1) is 0 Å². The fourth-order valence-electron chi connectivity index (χ4n) is 3.29. The zero-order valence-corrected chi connectivity index (χ0v) is 12.5. The van der Waals surface area contributed by atoms with Crippen molar-refractivity contribution in [3.05, 3.63) is 0 Å². The predicted molar refractivity (Wildman–Crippen MR) is 77.1 cm³/mol. The Morgan fingerprint density at radius 2 is 1.50 bits per heavy atom. The minimum absolute atomic E-state index is 0. The van der Waals surface area contributed by atoms with Crippen LogP contribution in [0.1, 0.15) is 52.4 Å². The van der Waals surface area contributed by atoms with Crippen molar-refractivity contribution in [3.8, 4) is 0 Å². The number of carbonyl (C=O) groups excluding carboxylic acids is 1. The van der Waals surface area contributed by atoms with Gasteiger partial charge in [0.2, 0.25) is 5.91 Å². The van der Waals surface area contributed by atoms with Gasteiger partial charge in [-0.15, -0.1) is 12.4 Å². The van der Waals surface area contributed by atoms with Crippen LogP contribution in [0.2, 0.25) is 0 Å². The highest BCUT2D eigenvalue weighted by Gasteiger charge is 2.29. The maximum Gasteiger partial charge on any atom is 0.225 e. The minimum Gasteiger partial charge on any atom is -0.339 e. The van der Waals surface area contributed by atoms with Crippen molar-refractivity contribution in [2.45, 2.75) is 64.5 Å². The number of carbonyl (C=O) groups is 1. The molecule has 3 nitrogen and oxygen atoms in total. The lowest BCUT2D eigenvalue weighted by atomic mass is 9.97. The molecule has 0 aromatic heterocycles. The third kappa shape index (κ3) is 4.13. The quantitative estimate of drug-likeness (QED) is 0.746. The van der Waals surface area contributed by atoms with E-state index in [0.717, 1.165) is 25.9 Å². The van der Waals surface area contributed by atoms with Crippen LogP contribution >= 0.6 is 12.4 Å². The molecule has 0 aromatic rings. The molecule has 2 fully saturated rings. The first-order valence-corrected chi connectivity index (χ1v) is 7.21. The highest BCUT2D eigenvalue weighted by Crippen LogP contribution is 2.25. The molecule has 0 bridgehead atoms. The molecule has 2 unspecified atom stereocenters. The molecule has 1 aliphatic heterocycles. The van der Waals surface area contributed by atoms with Crippen molar-refractivity contribution in [1.82, 2.24) is 10.2 Å². The number of amides is 1. The summed E-state index contributed by atoms with van der Waals surface area (Å²) in [6.07, 6.45) is 7.36. The van der Waals surface area contributed by atoms with Gasteiger partial charge in [-0.2, -0.15) is 0 Å². The summed E-state index contributed by atoms with van der Waals surface area (Å²) in [6, 6.07) is 0.877. The molecular formula is C14H27ClN2O. The Labute approximate surface area is 117 Å². The van der Waals surface area contributed by atoms with Gasteiger partial charge in [0.25, 0.3) is 0 Å². The van der Waals surface area contributed by atoms with Crippen LogP contribution in [0.25, 0.3) is 0 Å². The Morgan fingerprint density at radius 3 is 2.00 bits per heavy atom. The van der Waals surface area contributed by atoms with Crippen molar-refractivity contribution in [3.63, 3.8) is 0 Å². The van der Waals surface area contributed by atoms with E-state index in [0.29, 0.717) is 23.9 Å². The summed E-state index contributed by atoms with van der Waals surface area (Å²) in [6.45, 7) is 6.12. The molecule has 0 radical (unpaired) electrons. The zero-order valence-electron chi connectivity index (χ0n) is 11.7. The lowest BCUT2D eigenvalue weighted by Crippen LogP contribution is -2.56. The molecule has 1 aliphatic carbocycles. The lowest BCUT2D eigenvalue weighted by Gasteiger charge is -2.37. The van der Waals surface area contributed by atoms with E-state index in [2.05, 4.69) is 24.1 Å². The maximum absolute atomic E-state index is 12.5. The molecule has 2 rings (SSSR count). The molecule has 106 valence electrons. The fourth-order valence-corrected chi connectivity index (χ4v) is 3.29. The molecule has 0 spiro atoms. The van der Waals surface area contributed by atoms with Gasteiger partial charge >= 0.3 is 0 Å². The van der Waals surface area contributed by atoms with Gasteiger partial charge in [-0.05, 0) is 26.7 Å². The Hall–Kier alpha value is -0.280. The highest BCUT2D eigenvalue weighted by atomic mass is 35.5. The number of nitrogens with zero attached hydrogens (tertiary/aromatic N) is 1. The SMILES string of the molecule is CC1CN(C(=O)C2CCCCCC2)CC(C)N1.Cl. The van der Waals surface area contributed by atoms with Gasteiger partial charge < -0.3 is 10.2 Å². The number of nitrogens with one attached hydrogen (secondary N) is 1. The molecule has 18 heavy (non-hydrogen) atoms. The molecular weight excluding hydrogens is 248 g/mol. The van der Waals surface area contributed by atoms with Crippen molar-refractivity contribution in [2.24, 2.45) is 5.92 Å². The second kappa shape index (κ2) is 7.34. The van der Waals surface area contributed by atoms with E-state index in [4.69, 9.17) is 0 Å². The van der Waals surface area contributed by atoms with E-state index in [1.165, 1.54) is 25.7 Å². The highest BCUT2D eigenvalue weighted by molar-refractivity contribution is 5.85. The number of hydrogen-bond donors (Lipinski definition) is 1. The number of piperazine rings is 1. The van der Waals surface area contributed by atoms with E-state index >= 15 is 0 Å². The molecule has 2 atom stereocenters. The first-order valence-electron chi connectivity index (χ1n) is 7.21. The minimum atomic E-state index is 0. The second-order valence-corrected chi connectivity index (χ2v) is 5.90. The van der Waals surface area contributed by atoms with Crippen molar-refractivity contribution in [1.29, 1.82) is 0 Å². The van der Waals surface area contributed by atoms with Gasteiger partial charge in [0, 0.05) is 31.1 Å². The van der Waals surface area contributed by atoms with Crippen LogP contribution in [0.15, 0.2) is 0 Å². The molecule has 1 saturated heterocycles. The van der Waals surface area contributed by atoms with Crippen LogP contribution < -0.4 is 5.32 Å². The first-order chi connectivity index (χ1) is 8.16. The summed E-state index contributed by atoms with van der Waals surface area (Å²) in [5, 5.41) is 3.49. The topological polar surface area (TPSA) is 32.3 Å². The van der Waals surface area contributed by atoms with Crippen molar-refractivity contribution in [2.75, 3.05) is 13.1 Å². The first kappa shape index (κ1) is 15.8. The van der Waals surface area contributed by atoms with Crippen LogP contribution in [-0.2, 0) is 4.79 Å². The number of halogens is 1. The van der Waals surface area contributed by atoms with Gasteiger partial charge in [-0.1, -0.05) is 25.7 Å². The van der Waals surface area contributed by atoms with Crippen molar-refractivity contribution >= 4 is 18.3 Å². The molecule has 4 heteroatoms. The maximum atomic E-state index is 12.5. The normalized spacial score (nSPS) is 30.4. The summed E-state index contributed by atoms with van der Waals surface area (Å²) < 4.78 is 0. The summed E-state index contributed by atoms with van der Waals surface area (Å²) in [4.78, 5) is 14.6. The Morgan fingerprint density at radius 1 is 1.00 bits per heavy atom. The molecule has 1 amide bonds. The van der Waals surface area contributed by atoms with E-state index in [1.807, 2.05) is 0 Å². The van der Waals surface area contributed by atoms with E-state index in [1.54, 1.807) is 0 Å². The molecule has 0 aromatic carbocycles. The number of rotatable bonds is 1. The van der Waals surface area contributed by atoms with Crippen LogP contribution in [-0.4, -0.2) is 36.0 Å². The Bertz CT molecular complexity index is 255. The monoisotopic (exact) mass is 274 g/mol. The third-order valence-electron chi connectivity index (χ3n) is 4.07. The predicted octanol–water partition coefficient (Wildman–Crippen LogP) is 2.59. The van der Waals surface area contributed by atoms with Gasteiger partial charge in [-0.3, -0.25) is 4.79 Å². The smallest absolute Gasteiger partial charge is 0.225 e. The largest absolute Gasteiger partial charge is 0.339 e. The van der Waals surface area contributed by atoms with Gasteiger partial charge in [0.1, 0.15) is 0 Å². The average molecular weight is 275 g/mol. The molecule has 1 heterocycles. The van der Waals surface area contributed by atoms with Crippen LogP contribution in [0, 0.1) is 5.92 Å². The molecule has 1 N–H and O–H groups in total. The van der Waals surface area contributed by atoms with E-state index in [-0.39, 0.29) is 12.4 Å². The van der Waals surface area contributed by atoms with Crippen molar-refractivity contribution < 1.29 is 4.79 Å². The fraction of sp³-hybridized carbons (Fsp3) is 0.929. The van der Waals surface area contributed by atoms with Crippen LogP contribution in [0.4, 0.5) is 0 Å². The summed E-state index contributed by atoms with van der Waals surface area (Å²) in [5.41, 5.74) is 0. The molecule has 1 saturated carbocycles. The van der Waals surface area contributed by atoms with Crippen LogP contribution in [0.3, 0.4) is 0 Å². The van der Waals surface area contributed by atoms with E-state index < -0.39 is 0 Å².